The second-order valence-electron chi connectivity index (χ2n) is 5.31. The Labute approximate surface area is 139 Å². The molecule has 0 aliphatic heterocycles. The van der Waals surface area contributed by atoms with Crippen molar-refractivity contribution >= 4 is 28.3 Å². The molecular weight excluding hydrogens is 304 g/mol. The van der Waals surface area contributed by atoms with Gasteiger partial charge < -0.3 is 10.1 Å². The van der Waals surface area contributed by atoms with E-state index in [9.17, 15) is 9.59 Å². The topological polar surface area (TPSA) is 68.3 Å². The Morgan fingerprint density at radius 2 is 1.75 bits per heavy atom. The Hall–Kier alpha value is -3.21. The van der Waals surface area contributed by atoms with Crippen LogP contribution in [0.4, 0.5) is 5.69 Å². The molecule has 1 aromatic heterocycles. The van der Waals surface area contributed by atoms with E-state index in [0.29, 0.717) is 5.69 Å². The highest BCUT2D eigenvalue weighted by Gasteiger charge is 2.19. The van der Waals surface area contributed by atoms with Gasteiger partial charge in [0.15, 0.2) is 6.10 Å². The van der Waals surface area contributed by atoms with Gasteiger partial charge in [-0.25, -0.2) is 9.78 Å². The first kappa shape index (κ1) is 15.7. The minimum absolute atomic E-state index is 0.169. The molecule has 0 aliphatic rings. The molecule has 0 radical (unpaired) electrons. The van der Waals surface area contributed by atoms with Gasteiger partial charge in [-0.15, -0.1) is 0 Å². The number of hydrogen-bond acceptors (Lipinski definition) is 4. The van der Waals surface area contributed by atoms with E-state index in [2.05, 4.69) is 10.3 Å². The van der Waals surface area contributed by atoms with E-state index >= 15 is 0 Å². The number of carbonyl (C=O) groups excluding carboxylic acids is 2. The van der Waals surface area contributed by atoms with E-state index in [1.165, 1.54) is 19.2 Å². The van der Waals surface area contributed by atoms with E-state index < -0.39 is 18.0 Å². The van der Waals surface area contributed by atoms with E-state index in [1.54, 1.807) is 12.1 Å². The number of carbonyl (C=O) groups is 2. The van der Waals surface area contributed by atoms with Crippen molar-refractivity contribution in [2.45, 2.75) is 13.0 Å². The third-order valence-corrected chi connectivity index (χ3v) is 3.54. The summed E-state index contributed by atoms with van der Waals surface area (Å²) >= 11 is 0. The summed E-state index contributed by atoms with van der Waals surface area (Å²) < 4.78 is 5.14. The maximum Gasteiger partial charge on any atom is 0.357 e. The van der Waals surface area contributed by atoms with Crippen LogP contribution in [-0.4, -0.2) is 23.0 Å². The standard InChI is InChI=1S/C19H16N2O3/c1-13(24-19(23)17-8-4-5-11-20-17)18(22)21-16-10-9-14-6-2-3-7-15(14)12-16/h2-13H,1H3,(H,21,22)/t13-/m1/s1. The highest BCUT2D eigenvalue weighted by atomic mass is 16.5. The number of nitrogens with zero attached hydrogens (tertiary/aromatic N) is 1. The molecule has 5 nitrogen and oxygen atoms in total. The fourth-order valence-corrected chi connectivity index (χ4v) is 2.27. The van der Waals surface area contributed by atoms with Crippen LogP contribution < -0.4 is 5.32 Å². The molecule has 0 saturated carbocycles. The maximum atomic E-state index is 12.2. The van der Waals surface area contributed by atoms with Crippen molar-refractivity contribution in [3.8, 4) is 0 Å². The first-order valence-corrected chi connectivity index (χ1v) is 7.55. The molecule has 120 valence electrons. The van der Waals surface area contributed by atoms with Crippen molar-refractivity contribution in [3.63, 3.8) is 0 Å². The van der Waals surface area contributed by atoms with Gasteiger partial charge in [0, 0.05) is 11.9 Å². The van der Waals surface area contributed by atoms with Crippen LogP contribution in [0.3, 0.4) is 0 Å². The number of amides is 1. The molecule has 2 aromatic carbocycles. The van der Waals surface area contributed by atoms with Crippen molar-refractivity contribution in [2.24, 2.45) is 0 Å². The highest BCUT2D eigenvalue weighted by molar-refractivity contribution is 5.98. The Morgan fingerprint density at radius 1 is 1.00 bits per heavy atom. The predicted octanol–water partition coefficient (Wildman–Crippen LogP) is 3.42. The fraction of sp³-hybridized carbons (Fsp3) is 0.105. The average molecular weight is 320 g/mol. The number of pyridine rings is 1. The second-order valence-corrected chi connectivity index (χ2v) is 5.31. The Morgan fingerprint density at radius 3 is 2.50 bits per heavy atom. The van der Waals surface area contributed by atoms with Crippen LogP contribution in [0.25, 0.3) is 10.8 Å². The highest BCUT2D eigenvalue weighted by Crippen LogP contribution is 2.19. The molecule has 1 N–H and O–H groups in total. The molecule has 24 heavy (non-hydrogen) atoms. The number of hydrogen-bond donors (Lipinski definition) is 1. The maximum absolute atomic E-state index is 12.2. The van der Waals surface area contributed by atoms with Crippen molar-refractivity contribution in [1.29, 1.82) is 0 Å². The van der Waals surface area contributed by atoms with Gasteiger partial charge in [-0.05, 0) is 42.0 Å². The van der Waals surface area contributed by atoms with Crippen LogP contribution in [-0.2, 0) is 9.53 Å². The molecule has 0 saturated heterocycles. The molecule has 1 amide bonds. The van der Waals surface area contributed by atoms with Gasteiger partial charge >= 0.3 is 5.97 Å². The number of rotatable bonds is 4. The lowest BCUT2D eigenvalue weighted by Crippen LogP contribution is -2.30. The van der Waals surface area contributed by atoms with Crippen LogP contribution >= 0.6 is 0 Å². The fourth-order valence-electron chi connectivity index (χ4n) is 2.27. The molecule has 0 aliphatic carbocycles. The number of esters is 1. The molecule has 0 fully saturated rings. The van der Waals surface area contributed by atoms with Crippen molar-refractivity contribution in [1.82, 2.24) is 4.98 Å². The zero-order chi connectivity index (χ0) is 16.9. The minimum Gasteiger partial charge on any atom is -0.448 e. The largest absolute Gasteiger partial charge is 0.448 e. The molecule has 3 rings (SSSR count). The van der Waals surface area contributed by atoms with Crippen LogP contribution in [0, 0.1) is 0 Å². The third kappa shape index (κ3) is 3.57. The molecule has 3 aromatic rings. The first-order chi connectivity index (χ1) is 11.6. The Kier molecular flexibility index (Phi) is 4.52. The summed E-state index contributed by atoms with van der Waals surface area (Å²) in [6, 6.07) is 18.4. The third-order valence-electron chi connectivity index (χ3n) is 3.54. The summed E-state index contributed by atoms with van der Waals surface area (Å²) in [5.74, 6) is -1.02. The van der Waals surface area contributed by atoms with E-state index in [-0.39, 0.29) is 5.69 Å². The summed E-state index contributed by atoms with van der Waals surface area (Å²) in [6.07, 6.45) is 0.571. The molecule has 0 spiro atoms. The van der Waals surface area contributed by atoms with Crippen LogP contribution in [0.5, 0.6) is 0 Å². The smallest absolute Gasteiger partial charge is 0.357 e. The molecule has 1 atom stereocenters. The van der Waals surface area contributed by atoms with Gasteiger partial charge in [0.05, 0.1) is 0 Å². The number of aromatic nitrogens is 1. The number of fused-ring (bicyclic) bond motifs is 1. The summed E-state index contributed by atoms with van der Waals surface area (Å²) in [4.78, 5) is 28.0. The lowest BCUT2D eigenvalue weighted by molar-refractivity contribution is -0.123. The normalized spacial score (nSPS) is 11.7. The van der Waals surface area contributed by atoms with Crippen molar-refractivity contribution < 1.29 is 14.3 Å². The van der Waals surface area contributed by atoms with Crippen LogP contribution in [0.1, 0.15) is 17.4 Å². The number of benzene rings is 2. The van der Waals surface area contributed by atoms with Gasteiger partial charge in [0.1, 0.15) is 5.69 Å². The van der Waals surface area contributed by atoms with E-state index in [4.69, 9.17) is 4.74 Å². The first-order valence-electron chi connectivity index (χ1n) is 7.55. The number of anilines is 1. The van der Waals surface area contributed by atoms with Crippen molar-refractivity contribution in [2.75, 3.05) is 5.32 Å². The average Bonchev–Trinajstić information content (AvgIpc) is 2.62. The van der Waals surface area contributed by atoms with Crippen LogP contribution in [0.2, 0.25) is 0 Å². The summed E-state index contributed by atoms with van der Waals surface area (Å²) in [5, 5.41) is 4.86. The molecule has 0 bridgehead atoms. The zero-order valence-corrected chi connectivity index (χ0v) is 13.1. The Bertz CT molecular complexity index is 878. The van der Waals surface area contributed by atoms with Gasteiger partial charge in [-0.3, -0.25) is 4.79 Å². The summed E-state index contributed by atoms with van der Waals surface area (Å²) in [7, 11) is 0. The molecule has 1 heterocycles. The lowest BCUT2D eigenvalue weighted by atomic mass is 10.1. The SMILES string of the molecule is C[C@@H](OC(=O)c1ccccn1)C(=O)Nc1ccc2ccccc2c1. The number of ether oxygens (including phenoxy) is 1. The van der Waals surface area contributed by atoms with Gasteiger partial charge in [-0.2, -0.15) is 0 Å². The monoisotopic (exact) mass is 320 g/mol. The number of nitrogens with one attached hydrogen (secondary N) is 1. The minimum atomic E-state index is -0.925. The summed E-state index contributed by atoms with van der Waals surface area (Å²) in [6.45, 7) is 1.53. The molecule has 0 unspecified atom stereocenters. The Balaban J connectivity index is 1.66. The van der Waals surface area contributed by atoms with E-state index in [0.717, 1.165) is 10.8 Å². The van der Waals surface area contributed by atoms with Gasteiger partial charge in [0.25, 0.3) is 5.91 Å². The zero-order valence-electron chi connectivity index (χ0n) is 13.1. The van der Waals surface area contributed by atoms with Gasteiger partial charge in [-0.1, -0.05) is 36.4 Å². The van der Waals surface area contributed by atoms with Gasteiger partial charge in [0.2, 0.25) is 0 Å². The molecule has 5 heteroatoms. The quantitative estimate of drug-likeness (QED) is 0.748. The molecular formula is C19H16N2O3. The van der Waals surface area contributed by atoms with E-state index in [1.807, 2.05) is 42.5 Å². The second kappa shape index (κ2) is 6.91. The lowest BCUT2D eigenvalue weighted by Gasteiger charge is -2.13. The summed E-state index contributed by atoms with van der Waals surface area (Å²) in [5.41, 5.74) is 0.822. The van der Waals surface area contributed by atoms with Crippen molar-refractivity contribution in [3.05, 3.63) is 72.6 Å². The van der Waals surface area contributed by atoms with Crippen LogP contribution in [0.15, 0.2) is 66.9 Å². The predicted molar refractivity (Wildman–Crippen MR) is 91.7 cm³/mol.